The first-order valence-corrected chi connectivity index (χ1v) is 5.78. The van der Waals surface area contributed by atoms with Gasteiger partial charge in [0.2, 0.25) is 0 Å². The van der Waals surface area contributed by atoms with Crippen molar-refractivity contribution in [2.45, 2.75) is 12.2 Å². The summed E-state index contributed by atoms with van der Waals surface area (Å²) >= 11 is -2.27. The Bertz CT molecular complexity index is 222. The summed E-state index contributed by atoms with van der Waals surface area (Å²) in [6.45, 7) is 1.37. The molecular weight excluding hydrogens is 199 g/mol. The molecule has 0 aliphatic rings. The molecule has 0 aromatic carbocycles. The van der Waals surface area contributed by atoms with Crippen LogP contribution in [0.15, 0.2) is 0 Å². The molecule has 0 fully saturated rings. The van der Waals surface area contributed by atoms with Gasteiger partial charge in [0.25, 0.3) is 0 Å². The van der Waals surface area contributed by atoms with Crippen LogP contribution in [-0.4, -0.2) is 34.4 Å². The minimum absolute atomic E-state index is 0. The topological polar surface area (TPSA) is 74.3 Å². The van der Waals surface area contributed by atoms with Crippen LogP contribution in [0.2, 0.25) is 0 Å². The third kappa shape index (κ3) is 7.42. The molecule has 0 saturated carbocycles. The van der Waals surface area contributed by atoms with Crippen molar-refractivity contribution in [3.05, 3.63) is 0 Å². The van der Waals surface area contributed by atoms with E-state index in [4.69, 9.17) is 0 Å². The molecule has 0 heterocycles. The molecule has 0 aromatic rings. The molecule has 0 radical (unpaired) electrons. The SMILES string of the molecule is CC(CS(=O)[O-])S(C)(=O)=O.[Na+]. The average molecular weight is 208 g/mol. The van der Waals surface area contributed by atoms with Gasteiger partial charge in [0.15, 0.2) is 9.84 Å². The van der Waals surface area contributed by atoms with E-state index in [-0.39, 0.29) is 35.3 Å². The van der Waals surface area contributed by atoms with Crippen molar-refractivity contribution >= 4 is 20.9 Å². The maximum atomic E-state index is 10.6. The van der Waals surface area contributed by atoms with E-state index < -0.39 is 26.2 Å². The van der Waals surface area contributed by atoms with Gasteiger partial charge in [-0.15, -0.1) is 0 Å². The Labute approximate surface area is 91.3 Å². The van der Waals surface area contributed by atoms with Gasteiger partial charge in [0, 0.05) is 12.0 Å². The second-order valence-corrected chi connectivity index (χ2v) is 5.52. The summed E-state index contributed by atoms with van der Waals surface area (Å²) in [7, 11) is -3.19. The number of hydrogen-bond acceptors (Lipinski definition) is 4. The molecule has 2 unspecified atom stereocenters. The first-order chi connectivity index (χ1) is 4.34. The zero-order valence-corrected chi connectivity index (χ0v) is 10.4. The summed E-state index contributed by atoms with van der Waals surface area (Å²) in [6.07, 6.45) is 1.02. The van der Waals surface area contributed by atoms with E-state index >= 15 is 0 Å². The second kappa shape index (κ2) is 5.66. The first kappa shape index (κ1) is 14.6. The minimum atomic E-state index is -3.19. The van der Waals surface area contributed by atoms with Crippen molar-refractivity contribution in [1.82, 2.24) is 0 Å². The molecule has 0 saturated heterocycles. The predicted molar refractivity (Wildman–Crippen MR) is 38.1 cm³/mol. The zero-order chi connectivity index (χ0) is 8.36. The van der Waals surface area contributed by atoms with Crippen LogP contribution in [0.1, 0.15) is 6.92 Å². The summed E-state index contributed by atoms with van der Waals surface area (Å²) in [4.78, 5) is 0. The van der Waals surface area contributed by atoms with E-state index in [1.54, 1.807) is 0 Å². The standard InChI is InChI=1S/C4H10O4S2.Na/c1-4(3-9(5)6)10(2,7)8;/h4H,3H2,1-2H3,(H,5,6);/q;+1/p-1. The van der Waals surface area contributed by atoms with Gasteiger partial charge < -0.3 is 4.55 Å². The molecule has 0 spiro atoms. The van der Waals surface area contributed by atoms with Crippen LogP contribution in [0, 0.1) is 0 Å². The van der Waals surface area contributed by atoms with Crippen molar-refractivity contribution in [2.24, 2.45) is 0 Å². The van der Waals surface area contributed by atoms with Crippen molar-refractivity contribution in [3.8, 4) is 0 Å². The van der Waals surface area contributed by atoms with Gasteiger partial charge in [0.05, 0.1) is 5.25 Å². The van der Waals surface area contributed by atoms with Crippen LogP contribution in [0.5, 0.6) is 0 Å². The Hall–Kier alpha value is 1.06. The zero-order valence-electron chi connectivity index (χ0n) is 6.73. The Kier molecular flexibility index (Phi) is 7.50. The normalized spacial score (nSPS) is 16.6. The molecule has 0 N–H and O–H groups in total. The summed E-state index contributed by atoms with van der Waals surface area (Å²) in [5.74, 6) is -0.321. The average Bonchev–Trinajstić information content (AvgIpc) is 1.60. The molecule has 7 heteroatoms. The molecule has 2 atom stereocenters. The van der Waals surface area contributed by atoms with E-state index in [9.17, 15) is 17.2 Å². The van der Waals surface area contributed by atoms with Crippen molar-refractivity contribution in [3.63, 3.8) is 0 Å². The summed E-state index contributed by atoms with van der Waals surface area (Å²) in [5, 5.41) is -0.800. The molecule has 4 nitrogen and oxygen atoms in total. The van der Waals surface area contributed by atoms with Gasteiger partial charge in [0.1, 0.15) is 0 Å². The Morgan fingerprint density at radius 2 is 1.91 bits per heavy atom. The van der Waals surface area contributed by atoms with Crippen molar-refractivity contribution < 1.29 is 46.7 Å². The van der Waals surface area contributed by atoms with Gasteiger partial charge in [-0.25, -0.2) is 8.42 Å². The fourth-order valence-electron chi connectivity index (χ4n) is 0.315. The number of sulfone groups is 1. The van der Waals surface area contributed by atoms with E-state index in [1.807, 2.05) is 0 Å². The predicted octanol–water partition coefficient (Wildman–Crippen LogP) is -3.70. The third-order valence-corrected chi connectivity index (χ3v) is 3.71. The van der Waals surface area contributed by atoms with E-state index in [0.29, 0.717) is 0 Å². The molecule has 11 heavy (non-hydrogen) atoms. The molecule has 0 aromatic heterocycles. The summed E-state index contributed by atoms with van der Waals surface area (Å²) < 4.78 is 41.2. The Balaban J connectivity index is 0. The fraction of sp³-hybridized carbons (Fsp3) is 1.00. The Morgan fingerprint density at radius 1 is 1.55 bits per heavy atom. The van der Waals surface area contributed by atoms with Crippen molar-refractivity contribution in [1.29, 1.82) is 0 Å². The van der Waals surface area contributed by atoms with Gasteiger partial charge >= 0.3 is 29.6 Å². The van der Waals surface area contributed by atoms with E-state index in [2.05, 4.69) is 0 Å². The smallest absolute Gasteiger partial charge is 0.772 e. The van der Waals surface area contributed by atoms with E-state index in [1.165, 1.54) is 6.92 Å². The molecule has 0 rings (SSSR count). The van der Waals surface area contributed by atoms with Crippen LogP contribution < -0.4 is 29.6 Å². The molecule has 62 valence electrons. The van der Waals surface area contributed by atoms with E-state index in [0.717, 1.165) is 6.26 Å². The third-order valence-electron chi connectivity index (χ3n) is 1.10. The van der Waals surface area contributed by atoms with Crippen LogP contribution in [0.25, 0.3) is 0 Å². The molecule has 0 aliphatic heterocycles. The van der Waals surface area contributed by atoms with Gasteiger partial charge in [-0.2, -0.15) is 0 Å². The van der Waals surface area contributed by atoms with Gasteiger partial charge in [-0.3, -0.25) is 4.21 Å². The molecule has 0 aliphatic carbocycles. The quantitative estimate of drug-likeness (QED) is 0.353. The van der Waals surface area contributed by atoms with Gasteiger partial charge in [-0.1, -0.05) is 11.1 Å². The number of hydrogen-bond donors (Lipinski definition) is 0. The largest absolute Gasteiger partial charge is 1.00 e. The fourth-order valence-corrected chi connectivity index (χ4v) is 2.02. The molecule has 0 bridgehead atoms. The van der Waals surface area contributed by atoms with Crippen LogP contribution >= 0.6 is 0 Å². The van der Waals surface area contributed by atoms with Crippen LogP contribution in [0.4, 0.5) is 0 Å². The van der Waals surface area contributed by atoms with Crippen LogP contribution in [0.3, 0.4) is 0 Å². The monoisotopic (exact) mass is 208 g/mol. The maximum absolute atomic E-state index is 10.6. The Morgan fingerprint density at radius 3 is 2.00 bits per heavy atom. The summed E-state index contributed by atoms with van der Waals surface area (Å²) in [6, 6.07) is 0. The second-order valence-electron chi connectivity index (χ2n) is 2.11. The maximum Gasteiger partial charge on any atom is 1.00 e. The number of rotatable bonds is 3. The van der Waals surface area contributed by atoms with Crippen molar-refractivity contribution in [2.75, 3.05) is 12.0 Å². The van der Waals surface area contributed by atoms with Gasteiger partial charge in [-0.05, 0) is 6.92 Å². The summed E-state index contributed by atoms with van der Waals surface area (Å²) in [5.41, 5.74) is 0. The minimum Gasteiger partial charge on any atom is -0.772 e. The first-order valence-electron chi connectivity index (χ1n) is 2.58. The molecule has 0 amide bonds. The molecular formula is C4H9NaO4S2. The van der Waals surface area contributed by atoms with Crippen LogP contribution in [-0.2, 0) is 20.9 Å².